The second kappa shape index (κ2) is 4.88. The Morgan fingerprint density at radius 1 is 1.19 bits per heavy atom. The number of amides is 1. The summed E-state index contributed by atoms with van der Waals surface area (Å²) in [5.41, 5.74) is 4.51. The molecule has 108 valence electrons. The number of hydrogen-bond donors (Lipinski definition) is 2. The van der Waals surface area contributed by atoms with E-state index in [0.717, 1.165) is 29.0 Å². The van der Waals surface area contributed by atoms with Crippen LogP contribution < -0.4 is 10.6 Å². The molecule has 1 aromatic carbocycles. The lowest BCUT2D eigenvalue weighted by molar-refractivity contribution is 0.0935. The van der Waals surface area contributed by atoms with Gasteiger partial charge in [0.15, 0.2) is 0 Å². The van der Waals surface area contributed by atoms with Gasteiger partial charge in [-0.25, -0.2) is 0 Å². The number of rotatable bonds is 1. The van der Waals surface area contributed by atoms with Crippen molar-refractivity contribution in [2.24, 2.45) is 0 Å². The Labute approximate surface area is 128 Å². The fraction of sp³-hybridized carbons (Fsp3) is 0.353. The number of benzene rings is 1. The van der Waals surface area contributed by atoms with Gasteiger partial charge < -0.3 is 10.6 Å². The van der Waals surface area contributed by atoms with Gasteiger partial charge in [-0.1, -0.05) is 29.8 Å². The molecule has 0 bridgehead atoms. The van der Waals surface area contributed by atoms with E-state index < -0.39 is 0 Å². The van der Waals surface area contributed by atoms with E-state index in [4.69, 9.17) is 0 Å². The van der Waals surface area contributed by atoms with Crippen molar-refractivity contribution in [2.75, 3.05) is 5.32 Å². The Bertz CT molecular complexity index is 720. The molecule has 4 rings (SSSR count). The maximum absolute atomic E-state index is 12.5. The van der Waals surface area contributed by atoms with Gasteiger partial charge in [-0.2, -0.15) is 0 Å². The molecule has 0 radical (unpaired) electrons. The van der Waals surface area contributed by atoms with Crippen molar-refractivity contribution in [3.05, 3.63) is 51.4 Å². The zero-order chi connectivity index (χ0) is 14.4. The van der Waals surface area contributed by atoms with Crippen LogP contribution in [0.5, 0.6) is 0 Å². The minimum atomic E-state index is -0.120. The molecule has 2 N–H and O–H groups in total. The van der Waals surface area contributed by atoms with Crippen LogP contribution in [0.4, 0.5) is 5.00 Å². The second-order valence-corrected chi connectivity index (χ2v) is 6.99. The molecule has 1 atom stereocenters. The second-order valence-electron chi connectivity index (χ2n) is 5.88. The predicted octanol–water partition coefficient (Wildman–Crippen LogP) is 3.79. The summed E-state index contributed by atoms with van der Waals surface area (Å²) >= 11 is 1.77. The van der Waals surface area contributed by atoms with E-state index in [1.165, 1.54) is 28.8 Å². The Hall–Kier alpha value is -1.81. The van der Waals surface area contributed by atoms with Crippen LogP contribution in [0.1, 0.15) is 50.9 Å². The molecule has 0 fully saturated rings. The lowest BCUT2D eigenvalue weighted by atomic mass is 9.94. The fourth-order valence-electron chi connectivity index (χ4n) is 3.29. The normalized spacial score (nSPS) is 20.2. The molecule has 2 aromatic rings. The van der Waals surface area contributed by atoms with E-state index in [2.05, 4.69) is 35.8 Å². The predicted molar refractivity (Wildman–Crippen MR) is 86.0 cm³/mol. The molecule has 1 aromatic heterocycles. The van der Waals surface area contributed by atoms with E-state index in [1.54, 1.807) is 11.3 Å². The van der Waals surface area contributed by atoms with E-state index in [-0.39, 0.29) is 12.1 Å². The van der Waals surface area contributed by atoms with Crippen molar-refractivity contribution < 1.29 is 4.79 Å². The molecule has 1 amide bonds. The van der Waals surface area contributed by atoms with Crippen molar-refractivity contribution in [3.63, 3.8) is 0 Å². The summed E-state index contributed by atoms with van der Waals surface area (Å²) in [6.07, 6.45) is 4.49. The lowest BCUT2D eigenvalue weighted by Crippen LogP contribution is -2.38. The lowest BCUT2D eigenvalue weighted by Gasteiger charge is -2.27. The van der Waals surface area contributed by atoms with Crippen LogP contribution in [0.3, 0.4) is 0 Å². The molecular formula is C17H18N2OS. The highest BCUT2D eigenvalue weighted by Gasteiger charge is 2.31. The summed E-state index contributed by atoms with van der Waals surface area (Å²) in [5.74, 6) is 0.0784. The van der Waals surface area contributed by atoms with Gasteiger partial charge in [-0.3, -0.25) is 4.79 Å². The van der Waals surface area contributed by atoms with Crippen molar-refractivity contribution in [1.82, 2.24) is 5.32 Å². The Kier molecular flexibility index (Phi) is 3.00. The van der Waals surface area contributed by atoms with Crippen LogP contribution >= 0.6 is 11.3 Å². The van der Waals surface area contributed by atoms with E-state index >= 15 is 0 Å². The number of fused-ring (bicyclic) bond motifs is 3. The van der Waals surface area contributed by atoms with Gasteiger partial charge in [0, 0.05) is 4.88 Å². The van der Waals surface area contributed by atoms with Crippen LogP contribution in [0, 0.1) is 6.92 Å². The summed E-state index contributed by atoms with van der Waals surface area (Å²) in [6.45, 7) is 2.07. The van der Waals surface area contributed by atoms with E-state index in [0.29, 0.717) is 0 Å². The Morgan fingerprint density at radius 2 is 2.05 bits per heavy atom. The van der Waals surface area contributed by atoms with Gasteiger partial charge in [0.2, 0.25) is 0 Å². The van der Waals surface area contributed by atoms with Gasteiger partial charge in [-0.15, -0.1) is 11.3 Å². The first kappa shape index (κ1) is 12.9. The van der Waals surface area contributed by atoms with Gasteiger partial charge in [0.1, 0.15) is 11.2 Å². The quantitative estimate of drug-likeness (QED) is 0.841. The first-order chi connectivity index (χ1) is 10.2. The number of carbonyl (C=O) groups excluding carboxylic acids is 1. The molecule has 21 heavy (non-hydrogen) atoms. The third kappa shape index (κ3) is 2.14. The number of carbonyl (C=O) groups is 1. The molecule has 0 spiro atoms. The topological polar surface area (TPSA) is 41.1 Å². The molecule has 0 saturated heterocycles. The number of anilines is 1. The molecule has 0 saturated carbocycles. The number of thiophene rings is 1. The van der Waals surface area contributed by atoms with Crippen molar-refractivity contribution >= 4 is 22.2 Å². The average molecular weight is 298 g/mol. The monoisotopic (exact) mass is 298 g/mol. The van der Waals surface area contributed by atoms with Crippen LogP contribution in [-0.4, -0.2) is 5.91 Å². The standard InChI is InChI=1S/C17H18N2OS/c1-10-5-4-6-11(9-10)15-18-16(20)14-12-7-2-3-8-13(12)21-17(14)19-15/h4-6,9,15,19H,2-3,7-8H2,1H3,(H,18,20). The van der Waals surface area contributed by atoms with E-state index in [1.807, 2.05) is 6.07 Å². The molecule has 3 nitrogen and oxygen atoms in total. The summed E-state index contributed by atoms with van der Waals surface area (Å²) in [4.78, 5) is 13.9. The van der Waals surface area contributed by atoms with Crippen LogP contribution in [0.15, 0.2) is 24.3 Å². The molecular weight excluding hydrogens is 280 g/mol. The highest BCUT2D eigenvalue weighted by molar-refractivity contribution is 7.16. The van der Waals surface area contributed by atoms with Crippen LogP contribution in [-0.2, 0) is 12.8 Å². The maximum Gasteiger partial charge on any atom is 0.256 e. The zero-order valence-electron chi connectivity index (χ0n) is 12.0. The van der Waals surface area contributed by atoms with Crippen molar-refractivity contribution in [1.29, 1.82) is 0 Å². The minimum Gasteiger partial charge on any atom is -0.353 e. The molecule has 4 heteroatoms. The largest absolute Gasteiger partial charge is 0.353 e. The summed E-state index contributed by atoms with van der Waals surface area (Å²) in [5, 5.41) is 7.68. The summed E-state index contributed by atoms with van der Waals surface area (Å²) < 4.78 is 0. The maximum atomic E-state index is 12.5. The SMILES string of the molecule is Cc1cccc(C2NC(=O)c3c(sc4c3CCCC4)N2)c1. The van der Waals surface area contributed by atoms with Crippen molar-refractivity contribution in [2.45, 2.75) is 38.8 Å². The smallest absolute Gasteiger partial charge is 0.256 e. The Morgan fingerprint density at radius 3 is 2.90 bits per heavy atom. The zero-order valence-corrected chi connectivity index (χ0v) is 12.8. The van der Waals surface area contributed by atoms with Crippen LogP contribution in [0.2, 0.25) is 0 Å². The fourth-order valence-corrected chi connectivity index (χ4v) is 4.61. The summed E-state index contributed by atoms with van der Waals surface area (Å²) in [7, 11) is 0. The molecule has 1 unspecified atom stereocenters. The third-order valence-corrected chi connectivity index (χ3v) is 5.55. The molecule has 2 aliphatic rings. The highest BCUT2D eigenvalue weighted by atomic mass is 32.1. The highest BCUT2D eigenvalue weighted by Crippen LogP contribution is 2.41. The van der Waals surface area contributed by atoms with Gasteiger partial charge >= 0.3 is 0 Å². The van der Waals surface area contributed by atoms with Crippen molar-refractivity contribution in [3.8, 4) is 0 Å². The summed E-state index contributed by atoms with van der Waals surface area (Å²) in [6, 6.07) is 8.29. The first-order valence-electron chi connectivity index (χ1n) is 7.51. The van der Waals surface area contributed by atoms with Gasteiger partial charge in [-0.05, 0) is 43.7 Å². The minimum absolute atomic E-state index is 0.0784. The number of nitrogens with one attached hydrogen (secondary N) is 2. The van der Waals surface area contributed by atoms with Crippen LogP contribution in [0.25, 0.3) is 0 Å². The van der Waals surface area contributed by atoms with Gasteiger partial charge in [0.25, 0.3) is 5.91 Å². The molecule has 1 aliphatic carbocycles. The first-order valence-corrected chi connectivity index (χ1v) is 8.32. The average Bonchev–Trinajstić information content (AvgIpc) is 2.86. The number of aryl methyl sites for hydroxylation is 2. The number of hydrogen-bond acceptors (Lipinski definition) is 3. The molecule has 2 heterocycles. The van der Waals surface area contributed by atoms with E-state index in [9.17, 15) is 4.79 Å². The Balaban J connectivity index is 1.72. The third-order valence-electron chi connectivity index (χ3n) is 4.32. The van der Waals surface area contributed by atoms with Gasteiger partial charge in [0.05, 0.1) is 5.56 Å². The molecule has 1 aliphatic heterocycles.